The minimum absolute atomic E-state index is 0.353. The number of hydrogen-bond donors (Lipinski definition) is 3. The molecule has 1 aromatic rings. The van der Waals surface area contributed by atoms with Crippen LogP contribution in [-0.2, 0) is 0 Å². The third-order valence-electron chi connectivity index (χ3n) is 4.40. The second kappa shape index (κ2) is 8.26. The Hall–Kier alpha value is -1.66. The third-order valence-corrected chi connectivity index (χ3v) is 4.40. The fraction of sp³-hybridized carbons (Fsp3) is 0.647. The largest absolute Gasteiger partial charge is 0.390 e. The molecule has 1 amide bonds. The van der Waals surface area contributed by atoms with Gasteiger partial charge in [0.1, 0.15) is 5.82 Å². The van der Waals surface area contributed by atoms with E-state index in [0.29, 0.717) is 24.5 Å². The Morgan fingerprint density at radius 2 is 2.00 bits per heavy atom. The van der Waals surface area contributed by atoms with Crippen LogP contribution in [0.25, 0.3) is 0 Å². The number of nitrogens with zero attached hydrogens (tertiary/aromatic N) is 2. The summed E-state index contributed by atoms with van der Waals surface area (Å²) < 4.78 is 0. The molecule has 4 N–H and O–H groups in total. The van der Waals surface area contributed by atoms with Crippen LogP contribution in [0.3, 0.4) is 0 Å². The first kappa shape index (κ1) is 17.7. The number of aryl methyl sites for hydroxylation is 2. The average molecular weight is 320 g/mol. The molecule has 1 aliphatic heterocycles. The van der Waals surface area contributed by atoms with Crippen molar-refractivity contribution in [1.29, 1.82) is 0 Å². The number of β-amino-alcohol motifs (C(OH)–C–C–N with tert-alkyl or cyclic N) is 1. The normalized spacial score (nSPS) is 17.5. The average Bonchev–Trinajstić information content (AvgIpc) is 2.76. The molecule has 1 aromatic heterocycles. The van der Waals surface area contributed by atoms with E-state index in [1.54, 1.807) is 6.07 Å². The van der Waals surface area contributed by atoms with E-state index < -0.39 is 12.0 Å². The maximum absolute atomic E-state index is 11.6. The summed E-state index contributed by atoms with van der Waals surface area (Å²) in [4.78, 5) is 18.3. The van der Waals surface area contributed by atoms with Crippen LogP contribution >= 0.6 is 0 Å². The van der Waals surface area contributed by atoms with Crippen molar-refractivity contribution in [3.63, 3.8) is 0 Å². The number of rotatable bonds is 6. The van der Waals surface area contributed by atoms with Gasteiger partial charge in [0, 0.05) is 18.8 Å². The number of primary amides is 1. The number of pyridine rings is 1. The Kier molecular flexibility index (Phi) is 6.36. The quantitative estimate of drug-likeness (QED) is 0.738. The molecule has 0 spiro atoms. The Bertz CT molecular complexity index is 540. The van der Waals surface area contributed by atoms with E-state index in [1.165, 1.54) is 25.7 Å². The summed E-state index contributed by atoms with van der Waals surface area (Å²) in [5.41, 5.74) is 7.56. The topological polar surface area (TPSA) is 91.5 Å². The fourth-order valence-corrected chi connectivity index (χ4v) is 2.92. The minimum atomic E-state index is -0.509. The number of anilines is 1. The molecule has 1 fully saturated rings. The fourth-order valence-electron chi connectivity index (χ4n) is 2.92. The monoisotopic (exact) mass is 320 g/mol. The number of aromatic nitrogens is 1. The Labute approximate surface area is 138 Å². The number of aliphatic hydroxyl groups is 1. The first-order chi connectivity index (χ1) is 11.0. The van der Waals surface area contributed by atoms with Gasteiger partial charge in [-0.05, 0) is 51.4 Å². The van der Waals surface area contributed by atoms with Crippen LogP contribution in [0.15, 0.2) is 6.07 Å². The number of likely N-dealkylation sites (tertiary alicyclic amines) is 1. The summed E-state index contributed by atoms with van der Waals surface area (Å²) in [7, 11) is 0. The zero-order chi connectivity index (χ0) is 16.8. The standard InChI is InChI=1S/C17H28N4O2/c1-12-9-15(16(18)23)17(20-13(12)2)19-10-14(22)11-21-7-5-3-4-6-8-21/h9,14,22H,3-8,10-11H2,1-2H3,(H2,18,23)(H,19,20). The van der Waals surface area contributed by atoms with Crippen LogP contribution in [0.5, 0.6) is 0 Å². The van der Waals surface area contributed by atoms with Gasteiger partial charge < -0.3 is 21.1 Å². The molecule has 2 rings (SSSR count). The van der Waals surface area contributed by atoms with E-state index in [9.17, 15) is 9.90 Å². The van der Waals surface area contributed by atoms with Gasteiger partial charge in [0.2, 0.25) is 0 Å². The second-order valence-electron chi connectivity index (χ2n) is 6.40. The number of nitrogens with one attached hydrogen (secondary N) is 1. The van der Waals surface area contributed by atoms with Crippen LogP contribution in [0.2, 0.25) is 0 Å². The van der Waals surface area contributed by atoms with E-state index in [2.05, 4.69) is 15.2 Å². The second-order valence-corrected chi connectivity index (χ2v) is 6.40. The number of nitrogens with two attached hydrogens (primary N) is 1. The van der Waals surface area contributed by atoms with E-state index in [4.69, 9.17) is 5.73 Å². The molecule has 1 unspecified atom stereocenters. The summed E-state index contributed by atoms with van der Waals surface area (Å²) in [6.45, 7) is 6.87. The van der Waals surface area contributed by atoms with Crippen molar-refractivity contribution >= 4 is 11.7 Å². The van der Waals surface area contributed by atoms with Crippen molar-refractivity contribution in [1.82, 2.24) is 9.88 Å². The zero-order valence-electron chi connectivity index (χ0n) is 14.1. The number of carbonyl (C=O) groups is 1. The highest BCUT2D eigenvalue weighted by atomic mass is 16.3. The highest BCUT2D eigenvalue weighted by Crippen LogP contribution is 2.17. The molecular weight excluding hydrogens is 292 g/mol. The summed E-state index contributed by atoms with van der Waals surface area (Å²) in [6.07, 6.45) is 4.45. The van der Waals surface area contributed by atoms with Crippen LogP contribution in [-0.4, -0.2) is 53.2 Å². The lowest BCUT2D eigenvalue weighted by Gasteiger charge is -2.23. The number of hydrogen-bond acceptors (Lipinski definition) is 5. The van der Waals surface area contributed by atoms with Gasteiger partial charge in [-0.15, -0.1) is 0 Å². The van der Waals surface area contributed by atoms with Crippen LogP contribution in [0, 0.1) is 13.8 Å². The van der Waals surface area contributed by atoms with Crippen molar-refractivity contribution in [2.45, 2.75) is 45.6 Å². The SMILES string of the molecule is Cc1cc(C(N)=O)c(NCC(O)CN2CCCCCC2)nc1C. The number of amides is 1. The number of aliphatic hydroxyl groups excluding tert-OH is 1. The van der Waals surface area contributed by atoms with E-state index in [0.717, 1.165) is 24.3 Å². The zero-order valence-corrected chi connectivity index (χ0v) is 14.1. The van der Waals surface area contributed by atoms with Crippen molar-refractivity contribution in [2.75, 3.05) is 31.5 Å². The van der Waals surface area contributed by atoms with Gasteiger partial charge in [0.05, 0.1) is 11.7 Å². The first-order valence-corrected chi connectivity index (χ1v) is 8.39. The molecular formula is C17H28N4O2. The van der Waals surface area contributed by atoms with Crippen molar-refractivity contribution in [2.24, 2.45) is 5.73 Å². The molecule has 128 valence electrons. The van der Waals surface area contributed by atoms with E-state index >= 15 is 0 Å². The van der Waals surface area contributed by atoms with Crippen LogP contribution in [0.4, 0.5) is 5.82 Å². The van der Waals surface area contributed by atoms with Gasteiger partial charge in [-0.3, -0.25) is 4.79 Å². The maximum atomic E-state index is 11.6. The lowest BCUT2D eigenvalue weighted by molar-refractivity contribution is 0.1000. The van der Waals surface area contributed by atoms with Crippen molar-refractivity contribution in [3.05, 3.63) is 22.9 Å². The number of carbonyl (C=O) groups excluding carboxylic acids is 1. The van der Waals surface area contributed by atoms with Crippen molar-refractivity contribution in [3.8, 4) is 0 Å². The van der Waals surface area contributed by atoms with E-state index in [1.807, 2.05) is 13.8 Å². The van der Waals surface area contributed by atoms with Crippen LogP contribution in [0.1, 0.15) is 47.3 Å². The van der Waals surface area contributed by atoms with Gasteiger partial charge in [-0.1, -0.05) is 12.8 Å². The molecule has 1 saturated heterocycles. The van der Waals surface area contributed by atoms with Gasteiger partial charge in [0.25, 0.3) is 5.91 Å². The summed E-state index contributed by atoms with van der Waals surface area (Å²) in [6, 6.07) is 1.74. The molecule has 2 heterocycles. The summed E-state index contributed by atoms with van der Waals surface area (Å²) in [5.74, 6) is -0.0550. The van der Waals surface area contributed by atoms with Crippen LogP contribution < -0.4 is 11.1 Å². The molecule has 0 aliphatic carbocycles. The molecule has 6 heteroatoms. The van der Waals surface area contributed by atoms with Gasteiger partial charge in [0.15, 0.2) is 0 Å². The molecule has 0 radical (unpaired) electrons. The molecule has 1 aliphatic rings. The van der Waals surface area contributed by atoms with E-state index in [-0.39, 0.29) is 0 Å². The minimum Gasteiger partial charge on any atom is -0.390 e. The molecule has 1 atom stereocenters. The molecule has 0 aromatic carbocycles. The Morgan fingerprint density at radius 3 is 2.61 bits per heavy atom. The predicted octanol–water partition coefficient (Wildman–Crippen LogP) is 1.45. The summed E-state index contributed by atoms with van der Waals surface area (Å²) >= 11 is 0. The molecule has 0 bridgehead atoms. The van der Waals surface area contributed by atoms with Gasteiger partial charge in [-0.2, -0.15) is 0 Å². The Balaban J connectivity index is 1.94. The highest BCUT2D eigenvalue weighted by molar-refractivity contribution is 5.97. The lowest BCUT2D eigenvalue weighted by Crippen LogP contribution is -2.37. The van der Waals surface area contributed by atoms with Gasteiger partial charge in [-0.25, -0.2) is 4.98 Å². The van der Waals surface area contributed by atoms with Gasteiger partial charge >= 0.3 is 0 Å². The first-order valence-electron chi connectivity index (χ1n) is 8.39. The van der Waals surface area contributed by atoms with Crippen molar-refractivity contribution < 1.29 is 9.90 Å². The smallest absolute Gasteiger partial charge is 0.252 e. The molecule has 6 nitrogen and oxygen atoms in total. The highest BCUT2D eigenvalue weighted by Gasteiger charge is 2.16. The predicted molar refractivity (Wildman–Crippen MR) is 91.6 cm³/mol. The Morgan fingerprint density at radius 1 is 1.35 bits per heavy atom. The summed E-state index contributed by atoms with van der Waals surface area (Å²) in [5, 5.41) is 13.3. The molecule has 0 saturated carbocycles. The third kappa shape index (κ3) is 5.18. The molecule has 23 heavy (non-hydrogen) atoms. The maximum Gasteiger partial charge on any atom is 0.252 e. The lowest BCUT2D eigenvalue weighted by atomic mass is 10.1.